The Morgan fingerprint density at radius 2 is 2.17 bits per heavy atom. The summed E-state index contributed by atoms with van der Waals surface area (Å²) in [4.78, 5) is 4.00. The molecule has 0 fully saturated rings. The van der Waals surface area contributed by atoms with Crippen LogP contribution in [-0.2, 0) is 6.54 Å². The molecule has 0 radical (unpaired) electrons. The number of nitrogens with zero attached hydrogens (tertiary/aromatic N) is 3. The quantitative estimate of drug-likeness (QED) is 0.870. The first-order chi connectivity index (χ1) is 8.79. The van der Waals surface area contributed by atoms with E-state index in [9.17, 15) is 0 Å². The first-order valence-corrected chi connectivity index (χ1v) is 5.99. The van der Waals surface area contributed by atoms with Crippen molar-refractivity contribution in [3.8, 4) is 6.07 Å². The summed E-state index contributed by atoms with van der Waals surface area (Å²) in [6.45, 7) is 3.91. The summed E-state index contributed by atoms with van der Waals surface area (Å²) in [6.07, 6.45) is 5.55. The Kier molecular flexibility index (Phi) is 4.11. The highest BCUT2D eigenvalue weighted by atomic mass is 15.0. The summed E-state index contributed by atoms with van der Waals surface area (Å²) in [5.41, 5.74) is 1.89. The van der Waals surface area contributed by atoms with Gasteiger partial charge in [-0.3, -0.25) is 0 Å². The van der Waals surface area contributed by atoms with Crippen molar-refractivity contribution < 1.29 is 0 Å². The maximum atomic E-state index is 8.74. The zero-order valence-electron chi connectivity index (χ0n) is 10.4. The number of nitriles is 1. The van der Waals surface area contributed by atoms with Gasteiger partial charge in [0.1, 0.15) is 0 Å². The van der Waals surface area contributed by atoms with Gasteiger partial charge >= 0.3 is 0 Å². The van der Waals surface area contributed by atoms with E-state index in [1.54, 1.807) is 6.20 Å². The zero-order valence-corrected chi connectivity index (χ0v) is 10.4. The largest absolute Gasteiger partial charge is 0.336 e. The van der Waals surface area contributed by atoms with E-state index in [4.69, 9.17) is 5.26 Å². The Hall–Kier alpha value is -2.12. The van der Waals surface area contributed by atoms with Crippen molar-refractivity contribution >= 4 is 0 Å². The van der Waals surface area contributed by atoms with Crippen molar-refractivity contribution in [3.05, 3.63) is 54.1 Å². The molecular weight excluding hydrogens is 224 g/mol. The Labute approximate surface area is 107 Å². The van der Waals surface area contributed by atoms with E-state index in [1.165, 1.54) is 5.56 Å². The lowest BCUT2D eigenvalue weighted by molar-refractivity contribution is 0.531. The second kappa shape index (κ2) is 5.99. The van der Waals surface area contributed by atoms with E-state index >= 15 is 0 Å². The predicted molar refractivity (Wildman–Crippen MR) is 69.8 cm³/mol. The van der Waals surface area contributed by atoms with Gasteiger partial charge in [0.05, 0.1) is 18.0 Å². The van der Waals surface area contributed by atoms with E-state index in [-0.39, 0.29) is 6.04 Å². The molecule has 1 aromatic heterocycles. The first-order valence-electron chi connectivity index (χ1n) is 5.99. The van der Waals surface area contributed by atoms with Crippen LogP contribution in [0.25, 0.3) is 0 Å². The minimum absolute atomic E-state index is 0.279. The molecule has 0 saturated carbocycles. The molecule has 1 aromatic carbocycles. The van der Waals surface area contributed by atoms with Gasteiger partial charge in [0.15, 0.2) is 0 Å². The lowest BCUT2D eigenvalue weighted by atomic mass is 10.1. The first kappa shape index (κ1) is 12.3. The highest BCUT2D eigenvalue weighted by molar-refractivity contribution is 5.32. The summed E-state index contributed by atoms with van der Waals surface area (Å²) in [5.74, 6) is 0. The van der Waals surface area contributed by atoms with Crippen LogP contribution in [0.15, 0.2) is 43.0 Å². The van der Waals surface area contributed by atoms with Crippen LogP contribution in [0.1, 0.15) is 24.1 Å². The Morgan fingerprint density at radius 3 is 2.78 bits per heavy atom. The maximum absolute atomic E-state index is 8.74. The second-order valence-electron chi connectivity index (χ2n) is 4.21. The van der Waals surface area contributed by atoms with E-state index in [0.717, 1.165) is 13.1 Å². The van der Waals surface area contributed by atoms with Crippen LogP contribution in [-0.4, -0.2) is 16.1 Å². The molecule has 2 rings (SSSR count). The number of benzene rings is 1. The third-order valence-corrected chi connectivity index (χ3v) is 2.92. The Bertz CT molecular complexity index is 508. The summed E-state index contributed by atoms with van der Waals surface area (Å²) in [7, 11) is 0. The molecule has 0 aliphatic rings. The van der Waals surface area contributed by atoms with Gasteiger partial charge in [-0.2, -0.15) is 5.26 Å². The molecule has 0 amide bonds. The van der Waals surface area contributed by atoms with Gasteiger partial charge in [0.2, 0.25) is 0 Å². The van der Waals surface area contributed by atoms with Crippen LogP contribution in [0.2, 0.25) is 0 Å². The van der Waals surface area contributed by atoms with Crippen LogP contribution in [0.3, 0.4) is 0 Å². The molecule has 0 spiro atoms. The van der Waals surface area contributed by atoms with Crippen molar-refractivity contribution in [2.24, 2.45) is 0 Å². The fraction of sp³-hybridized carbons (Fsp3) is 0.286. The maximum Gasteiger partial charge on any atom is 0.0991 e. The van der Waals surface area contributed by atoms with Crippen LogP contribution in [0, 0.1) is 11.3 Å². The Balaban J connectivity index is 1.83. The van der Waals surface area contributed by atoms with E-state index in [2.05, 4.69) is 23.3 Å². The van der Waals surface area contributed by atoms with Crippen LogP contribution >= 0.6 is 0 Å². The molecule has 1 heterocycles. The van der Waals surface area contributed by atoms with Crippen molar-refractivity contribution in [2.45, 2.75) is 19.5 Å². The molecule has 0 aliphatic heterocycles. The smallest absolute Gasteiger partial charge is 0.0991 e. The predicted octanol–water partition coefficient (Wildman–Crippen LogP) is 2.11. The lowest BCUT2D eigenvalue weighted by Gasteiger charge is -2.14. The molecule has 0 saturated heterocycles. The van der Waals surface area contributed by atoms with Gasteiger partial charge in [0, 0.05) is 31.5 Å². The average Bonchev–Trinajstić information content (AvgIpc) is 2.92. The van der Waals surface area contributed by atoms with Gasteiger partial charge in [-0.1, -0.05) is 12.1 Å². The fourth-order valence-corrected chi connectivity index (χ4v) is 1.79. The monoisotopic (exact) mass is 240 g/mol. The number of aromatic nitrogens is 2. The molecule has 1 atom stereocenters. The third-order valence-electron chi connectivity index (χ3n) is 2.92. The van der Waals surface area contributed by atoms with Crippen molar-refractivity contribution in [1.82, 2.24) is 14.9 Å². The second-order valence-corrected chi connectivity index (χ2v) is 4.21. The SMILES string of the molecule is CC(NCCn1ccnc1)c1ccc(C#N)cc1. The van der Waals surface area contributed by atoms with Gasteiger partial charge in [-0.15, -0.1) is 0 Å². The molecule has 1 N–H and O–H groups in total. The van der Waals surface area contributed by atoms with Gasteiger partial charge in [-0.25, -0.2) is 4.98 Å². The number of nitrogens with one attached hydrogen (secondary N) is 1. The van der Waals surface area contributed by atoms with Crippen LogP contribution in [0.5, 0.6) is 0 Å². The van der Waals surface area contributed by atoms with E-state index in [1.807, 2.05) is 41.4 Å². The number of hydrogen-bond acceptors (Lipinski definition) is 3. The van der Waals surface area contributed by atoms with Gasteiger partial charge in [0.25, 0.3) is 0 Å². The molecule has 2 aromatic rings. The summed E-state index contributed by atoms with van der Waals surface area (Å²) in [5, 5.41) is 12.2. The zero-order chi connectivity index (χ0) is 12.8. The van der Waals surface area contributed by atoms with Crippen LogP contribution in [0.4, 0.5) is 0 Å². The van der Waals surface area contributed by atoms with Gasteiger partial charge in [-0.05, 0) is 24.6 Å². The molecule has 1 unspecified atom stereocenters. The lowest BCUT2D eigenvalue weighted by Crippen LogP contribution is -2.23. The molecule has 4 heteroatoms. The van der Waals surface area contributed by atoms with Crippen LogP contribution < -0.4 is 5.32 Å². The van der Waals surface area contributed by atoms with Crippen molar-refractivity contribution in [1.29, 1.82) is 5.26 Å². The van der Waals surface area contributed by atoms with Crippen molar-refractivity contribution in [2.75, 3.05) is 6.54 Å². The summed E-state index contributed by atoms with van der Waals surface area (Å²) >= 11 is 0. The molecule has 0 bridgehead atoms. The van der Waals surface area contributed by atoms with Gasteiger partial charge < -0.3 is 9.88 Å². The summed E-state index contributed by atoms with van der Waals surface area (Å²) < 4.78 is 2.04. The normalized spacial score (nSPS) is 12.0. The minimum atomic E-state index is 0.279. The minimum Gasteiger partial charge on any atom is -0.336 e. The highest BCUT2D eigenvalue weighted by Gasteiger charge is 2.04. The molecule has 4 nitrogen and oxygen atoms in total. The third kappa shape index (κ3) is 3.19. The number of imidazole rings is 1. The number of rotatable bonds is 5. The summed E-state index contributed by atoms with van der Waals surface area (Å²) in [6, 6.07) is 10.1. The standard InChI is InChI=1S/C14H16N4/c1-12(14-4-2-13(10-15)3-5-14)17-7-9-18-8-6-16-11-18/h2-6,8,11-12,17H,7,9H2,1H3. The van der Waals surface area contributed by atoms with E-state index < -0.39 is 0 Å². The highest BCUT2D eigenvalue weighted by Crippen LogP contribution is 2.12. The fourth-order valence-electron chi connectivity index (χ4n) is 1.79. The topological polar surface area (TPSA) is 53.6 Å². The number of hydrogen-bond donors (Lipinski definition) is 1. The molecule has 18 heavy (non-hydrogen) atoms. The molecule has 92 valence electrons. The van der Waals surface area contributed by atoms with Crippen molar-refractivity contribution in [3.63, 3.8) is 0 Å². The van der Waals surface area contributed by atoms with E-state index in [0.29, 0.717) is 5.56 Å². The molecular formula is C14H16N4. The molecule has 0 aliphatic carbocycles. The Morgan fingerprint density at radius 1 is 1.39 bits per heavy atom. The average molecular weight is 240 g/mol.